The Bertz CT molecular complexity index is 500. The minimum Gasteiger partial charge on any atom is -0.497 e. The van der Waals surface area contributed by atoms with E-state index in [1.165, 1.54) is 6.42 Å². The normalized spacial score (nSPS) is 19.4. The van der Waals surface area contributed by atoms with E-state index < -0.39 is 0 Å². The van der Waals surface area contributed by atoms with Crippen molar-refractivity contribution in [2.75, 3.05) is 25.9 Å². The second kappa shape index (κ2) is 6.83. The predicted molar refractivity (Wildman–Crippen MR) is 85.5 cm³/mol. The summed E-state index contributed by atoms with van der Waals surface area (Å²) in [7, 11) is 1.59. The summed E-state index contributed by atoms with van der Waals surface area (Å²) < 4.78 is 5.20. The van der Waals surface area contributed by atoms with Crippen LogP contribution in [0, 0.1) is 11.8 Å². The largest absolute Gasteiger partial charge is 0.497 e. The minimum absolute atomic E-state index is 0.0602. The van der Waals surface area contributed by atoms with E-state index in [0.717, 1.165) is 31.8 Å². The zero-order valence-corrected chi connectivity index (χ0v) is 13.3. The molecule has 1 amide bonds. The Labute approximate surface area is 127 Å². The molecule has 1 unspecified atom stereocenters. The van der Waals surface area contributed by atoms with Gasteiger partial charge in [0.2, 0.25) is 0 Å². The van der Waals surface area contributed by atoms with Gasteiger partial charge in [0.25, 0.3) is 5.91 Å². The van der Waals surface area contributed by atoms with Gasteiger partial charge in [-0.15, -0.1) is 0 Å². The van der Waals surface area contributed by atoms with E-state index in [9.17, 15) is 4.79 Å². The van der Waals surface area contributed by atoms with Crippen molar-refractivity contribution in [3.8, 4) is 5.75 Å². The molecular formula is C17H26N2O2. The van der Waals surface area contributed by atoms with E-state index in [-0.39, 0.29) is 5.91 Å². The zero-order chi connectivity index (χ0) is 15.4. The molecule has 1 aliphatic heterocycles. The SMILES string of the molecule is COc1cc(N)cc(C(=O)N2CCCC(C(C)C)CC2)c1. The molecule has 2 rings (SSSR count). The smallest absolute Gasteiger partial charge is 0.254 e. The highest BCUT2D eigenvalue weighted by atomic mass is 16.5. The van der Waals surface area contributed by atoms with Gasteiger partial charge in [0.05, 0.1) is 7.11 Å². The monoisotopic (exact) mass is 290 g/mol. The summed E-state index contributed by atoms with van der Waals surface area (Å²) in [6, 6.07) is 5.23. The van der Waals surface area contributed by atoms with Gasteiger partial charge in [0.15, 0.2) is 0 Å². The number of ether oxygens (including phenoxy) is 1. The highest BCUT2D eigenvalue weighted by molar-refractivity contribution is 5.95. The van der Waals surface area contributed by atoms with Crippen LogP contribution in [-0.4, -0.2) is 31.0 Å². The lowest BCUT2D eigenvalue weighted by atomic mass is 9.89. The molecule has 1 saturated heterocycles. The number of rotatable bonds is 3. The average Bonchev–Trinajstić information content (AvgIpc) is 2.71. The average molecular weight is 290 g/mol. The van der Waals surface area contributed by atoms with Crippen molar-refractivity contribution in [1.82, 2.24) is 4.90 Å². The zero-order valence-electron chi connectivity index (χ0n) is 13.3. The summed E-state index contributed by atoms with van der Waals surface area (Å²) in [6.07, 6.45) is 3.37. The molecule has 0 saturated carbocycles. The van der Waals surface area contributed by atoms with E-state index in [2.05, 4.69) is 13.8 Å². The maximum Gasteiger partial charge on any atom is 0.254 e. The minimum atomic E-state index is 0.0602. The lowest BCUT2D eigenvalue weighted by molar-refractivity contribution is 0.0758. The molecule has 4 heteroatoms. The van der Waals surface area contributed by atoms with Gasteiger partial charge < -0.3 is 15.4 Å². The molecule has 2 N–H and O–H groups in total. The van der Waals surface area contributed by atoms with Crippen LogP contribution in [0.15, 0.2) is 18.2 Å². The maximum absolute atomic E-state index is 12.7. The van der Waals surface area contributed by atoms with Crippen LogP contribution in [0.25, 0.3) is 0 Å². The van der Waals surface area contributed by atoms with E-state index in [4.69, 9.17) is 10.5 Å². The number of anilines is 1. The first-order valence-electron chi connectivity index (χ1n) is 7.75. The molecule has 21 heavy (non-hydrogen) atoms. The Morgan fingerprint density at radius 1 is 1.29 bits per heavy atom. The van der Waals surface area contributed by atoms with Crippen LogP contribution >= 0.6 is 0 Å². The van der Waals surface area contributed by atoms with Gasteiger partial charge in [0.1, 0.15) is 5.75 Å². The number of nitrogens with zero attached hydrogens (tertiary/aromatic N) is 1. The van der Waals surface area contributed by atoms with Crippen LogP contribution in [-0.2, 0) is 0 Å². The van der Waals surface area contributed by atoms with Gasteiger partial charge in [-0.3, -0.25) is 4.79 Å². The first-order chi connectivity index (χ1) is 10.0. The van der Waals surface area contributed by atoms with Crippen LogP contribution in [0.5, 0.6) is 5.75 Å². The van der Waals surface area contributed by atoms with Crippen molar-refractivity contribution in [3.05, 3.63) is 23.8 Å². The summed E-state index contributed by atoms with van der Waals surface area (Å²) in [5, 5.41) is 0. The lowest BCUT2D eigenvalue weighted by Crippen LogP contribution is -2.32. The van der Waals surface area contributed by atoms with E-state index in [1.807, 2.05) is 4.90 Å². The number of hydrogen-bond donors (Lipinski definition) is 1. The third-order valence-electron chi connectivity index (χ3n) is 4.41. The van der Waals surface area contributed by atoms with Crippen LogP contribution < -0.4 is 10.5 Å². The third kappa shape index (κ3) is 3.90. The molecule has 0 spiro atoms. The molecule has 116 valence electrons. The van der Waals surface area contributed by atoms with E-state index in [1.54, 1.807) is 25.3 Å². The Hall–Kier alpha value is -1.71. The highest BCUT2D eigenvalue weighted by Crippen LogP contribution is 2.26. The molecule has 1 heterocycles. The summed E-state index contributed by atoms with van der Waals surface area (Å²) in [5.41, 5.74) is 7.03. The number of hydrogen-bond acceptors (Lipinski definition) is 3. The van der Waals surface area contributed by atoms with Crippen molar-refractivity contribution in [1.29, 1.82) is 0 Å². The first-order valence-corrected chi connectivity index (χ1v) is 7.75. The quantitative estimate of drug-likeness (QED) is 0.870. The Morgan fingerprint density at radius 3 is 2.71 bits per heavy atom. The predicted octanol–water partition coefficient (Wildman–Crippen LogP) is 3.18. The number of carbonyl (C=O) groups is 1. The summed E-state index contributed by atoms with van der Waals surface area (Å²) in [6.45, 7) is 6.20. The van der Waals surface area contributed by atoms with Crippen LogP contribution in [0.2, 0.25) is 0 Å². The fraction of sp³-hybridized carbons (Fsp3) is 0.588. The van der Waals surface area contributed by atoms with Gasteiger partial charge in [-0.05, 0) is 43.2 Å². The Balaban J connectivity index is 2.11. The Morgan fingerprint density at radius 2 is 2.05 bits per heavy atom. The van der Waals surface area contributed by atoms with Gasteiger partial charge in [0, 0.05) is 30.4 Å². The summed E-state index contributed by atoms with van der Waals surface area (Å²) in [4.78, 5) is 14.6. The third-order valence-corrected chi connectivity index (χ3v) is 4.41. The molecule has 4 nitrogen and oxygen atoms in total. The first kappa shape index (κ1) is 15.7. The van der Waals surface area contributed by atoms with Gasteiger partial charge >= 0.3 is 0 Å². The number of methoxy groups -OCH3 is 1. The molecule has 1 aromatic rings. The van der Waals surface area contributed by atoms with Crippen molar-refractivity contribution in [3.63, 3.8) is 0 Å². The molecular weight excluding hydrogens is 264 g/mol. The molecule has 0 aromatic heterocycles. The summed E-state index contributed by atoms with van der Waals surface area (Å²) >= 11 is 0. The van der Waals surface area contributed by atoms with Crippen LogP contribution in [0.3, 0.4) is 0 Å². The topological polar surface area (TPSA) is 55.6 Å². The molecule has 1 aliphatic rings. The molecule has 1 aromatic carbocycles. The second-order valence-corrected chi connectivity index (χ2v) is 6.22. The lowest BCUT2D eigenvalue weighted by Gasteiger charge is -2.22. The second-order valence-electron chi connectivity index (χ2n) is 6.22. The standard InChI is InChI=1S/C17H26N2O2/c1-12(2)13-5-4-7-19(8-6-13)17(20)14-9-15(18)11-16(10-14)21-3/h9-13H,4-8,18H2,1-3H3. The van der Waals surface area contributed by atoms with Crippen molar-refractivity contribution < 1.29 is 9.53 Å². The number of benzene rings is 1. The van der Waals surface area contributed by atoms with Gasteiger partial charge in [-0.2, -0.15) is 0 Å². The number of nitrogens with two attached hydrogens (primary N) is 1. The molecule has 1 atom stereocenters. The van der Waals surface area contributed by atoms with Crippen molar-refractivity contribution in [2.24, 2.45) is 11.8 Å². The van der Waals surface area contributed by atoms with Gasteiger partial charge in [-0.1, -0.05) is 13.8 Å². The van der Waals surface area contributed by atoms with Crippen LogP contribution in [0.1, 0.15) is 43.5 Å². The summed E-state index contributed by atoms with van der Waals surface area (Å²) in [5.74, 6) is 2.10. The fourth-order valence-electron chi connectivity index (χ4n) is 3.04. The van der Waals surface area contributed by atoms with Crippen molar-refractivity contribution >= 4 is 11.6 Å². The van der Waals surface area contributed by atoms with Crippen LogP contribution in [0.4, 0.5) is 5.69 Å². The molecule has 1 fully saturated rings. The number of amides is 1. The molecule has 0 radical (unpaired) electrons. The molecule has 0 aliphatic carbocycles. The van der Waals surface area contributed by atoms with E-state index in [0.29, 0.717) is 22.9 Å². The number of carbonyl (C=O) groups excluding carboxylic acids is 1. The fourth-order valence-corrected chi connectivity index (χ4v) is 3.04. The Kier molecular flexibility index (Phi) is 5.10. The molecule has 0 bridgehead atoms. The van der Waals surface area contributed by atoms with Gasteiger partial charge in [-0.25, -0.2) is 0 Å². The maximum atomic E-state index is 12.7. The van der Waals surface area contributed by atoms with E-state index >= 15 is 0 Å². The van der Waals surface area contributed by atoms with Crippen molar-refractivity contribution in [2.45, 2.75) is 33.1 Å². The highest BCUT2D eigenvalue weighted by Gasteiger charge is 2.23. The number of likely N-dealkylation sites (tertiary alicyclic amines) is 1. The number of nitrogen functional groups attached to an aromatic ring is 1.